The number of rotatable bonds is 4. The molecule has 31 heavy (non-hydrogen) atoms. The number of anilines is 1. The largest absolute Gasteiger partial charge is 0.435 e. The van der Waals surface area contributed by atoms with Crippen molar-refractivity contribution < 1.29 is 26.4 Å². The molecule has 3 fully saturated rings. The monoisotopic (exact) mass is 460 g/mol. The number of nitrogens with zero attached hydrogens (tertiary/aromatic N) is 4. The summed E-state index contributed by atoms with van der Waals surface area (Å²) in [5.74, 6) is 0.407. The maximum atomic E-state index is 13.3. The van der Waals surface area contributed by atoms with E-state index >= 15 is 0 Å². The van der Waals surface area contributed by atoms with Gasteiger partial charge in [0.25, 0.3) is 0 Å². The average molecular weight is 461 g/mol. The Hall–Kier alpha value is -1.75. The standard InChI is InChI=1S/C20H27F3N4O3S/c1-13-11-26(8-9-27(13)17-5-4-15(24-25-17)20(21,22)23)31(29,30)12-19-7-6-14(10-16(19)28)18(19,2)3/h4-5,13-14H,6-12H2,1-3H3/t13-,14-,19+/m0/s1. The number of hydrogen-bond donors (Lipinski definition) is 0. The first-order valence-corrected chi connectivity index (χ1v) is 12.1. The maximum absolute atomic E-state index is 13.3. The van der Waals surface area contributed by atoms with Crippen LogP contribution in [0.5, 0.6) is 0 Å². The van der Waals surface area contributed by atoms with Gasteiger partial charge in [-0.3, -0.25) is 4.79 Å². The number of sulfonamides is 1. The third-order valence-corrected chi connectivity index (χ3v) is 9.76. The van der Waals surface area contributed by atoms with Crippen LogP contribution in [0, 0.1) is 16.7 Å². The highest BCUT2D eigenvalue weighted by Gasteiger charge is 2.65. The quantitative estimate of drug-likeness (QED) is 0.687. The van der Waals surface area contributed by atoms with Gasteiger partial charge in [0.05, 0.1) is 5.75 Å². The average Bonchev–Trinajstić information content (AvgIpc) is 3.01. The van der Waals surface area contributed by atoms with Crippen LogP contribution in [0.4, 0.5) is 19.0 Å². The lowest BCUT2D eigenvalue weighted by atomic mass is 9.70. The van der Waals surface area contributed by atoms with Gasteiger partial charge in [-0.25, -0.2) is 8.42 Å². The molecule has 3 aliphatic rings. The molecule has 172 valence electrons. The van der Waals surface area contributed by atoms with Gasteiger partial charge in [0.15, 0.2) is 11.5 Å². The van der Waals surface area contributed by atoms with Crippen molar-refractivity contribution >= 4 is 21.6 Å². The molecule has 2 bridgehead atoms. The fourth-order valence-corrected chi connectivity index (χ4v) is 7.94. The Morgan fingerprint density at radius 1 is 1.19 bits per heavy atom. The van der Waals surface area contributed by atoms with Gasteiger partial charge in [-0.15, -0.1) is 10.2 Å². The van der Waals surface area contributed by atoms with Crippen LogP contribution in [0.25, 0.3) is 0 Å². The molecule has 2 aliphatic carbocycles. The Labute approximate surface area is 180 Å². The summed E-state index contributed by atoms with van der Waals surface area (Å²) in [5.41, 5.74) is -2.22. The fourth-order valence-electron chi connectivity index (χ4n) is 5.66. The number of hydrogen-bond acceptors (Lipinski definition) is 6. The zero-order valence-corrected chi connectivity index (χ0v) is 18.6. The van der Waals surface area contributed by atoms with E-state index in [0.29, 0.717) is 12.8 Å². The van der Waals surface area contributed by atoms with Crippen LogP contribution in [0.2, 0.25) is 0 Å². The Morgan fingerprint density at radius 3 is 2.39 bits per heavy atom. The van der Waals surface area contributed by atoms with Crippen molar-refractivity contribution in [2.75, 3.05) is 30.3 Å². The van der Waals surface area contributed by atoms with E-state index in [-0.39, 0.29) is 54.4 Å². The second kappa shape index (κ2) is 7.13. The van der Waals surface area contributed by atoms with Crippen molar-refractivity contribution in [2.45, 2.75) is 52.3 Å². The number of fused-ring (bicyclic) bond motifs is 2. The molecule has 1 aromatic rings. The Kier molecular flexibility index (Phi) is 5.16. The fraction of sp³-hybridized carbons (Fsp3) is 0.750. The molecule has 0 radical (unpaired) electrons. The van der Waals surface area contributed by atoms with Gasteiger partial charge in [0.2, 0.25) is 10.0 Å². The molecule has 0 N–H and O–H groups in total. The van der Waals surface area contributed by atoms with Gasteiger partial charge in [-0.2, -0.15) is 17.5 Å². The second-order valence-corrected chi connectivity index (χ2v) is 11.6. The molecule has 0 spiro atoms. The van der Waals surface area contributed by atoms with Gasteiger partial charge in [0.1, 0.15) is 5.78 Å². The van der Waals surface area contributed by atoms with E-state index in [1.807, 2.05) is 13.8 Å². The van der Waals surface area contributed by atoms with Crippen LogP contribution < -0.4 is 4.90 Å². The van der Waals surface area contributed by atoms with E-state index in [4.69, 9.17) is 0 Å². The summed E-state index contributed by atoms with van der Waals surface area (Å²) in [4.78, 5) is 14.5. The number of ketones is 1. The topological polar surface area (TPSA) is 83.5 Å². The van der Waals surface area contributed by atoms with Crippen molar-refractivity contribution in [1.29, 1.82) is 0 Å². The number of carbonyl (C=O) groups is 1. The summed E-state index contributed by atoms with van der Waals surface area (Å²) < 4.78 is 66.2. The summed E-state index contributed by atoms with van der Waals surface area (Å²) >= 11 is 0. The molecule has 2 heterocycles. The SMILES string of the molecule is C[C@H]1CN(S(=O)(=O)C[C@]23CC[C@@H](CC2=O)C3(C)C)CCN1c1ccc(C(F)(F)F)nn1. The summed E-state index contributed by atoms with van der Waals surface area (Å²) in [6, 6.07) is 1.84. The Bertz CT molecular complexity index is 980. The van der Waals surface area contributed by atoms with Crippen LogP contribution in [-0.2, 0) is 21.0 Å². The first-order valence-electron chi connectivity index (χ1n) is 10.5. The minimum Gasteiger partial charge on any atom is -0.350 e. The maximum Gasteiger partial charge on any atom is 0.435 e. The lowest BCUT2D eigenvalue weighted by molar-refractivity contribution is -0.141. The first-order chi connectivity index (χ1) is 14.3. The number of Topliss-reactive ketones (excluding diaryl/α,β-unsaturated/α-hetero) is 1. The molecule has 1 saturated heterocycles. The minimum atomic E-state index is -4.56. The second-order valence-electron chi connectivity index (χ2n) is 9.60. The smallest absolute Gasteiger partial charge is 0.350 e. The van der Waals surface area contributed by atoms with Crippen LogP contribution >= 0.6 is 0 Å². The molecule has 7 nitrogen and oxygen atoms in total. The van der Waals surface area contributed by atoms with E-state index in [1.54, 1.807) is 11.8 Å². The van der Waals surface area contributed by atoms with E-state index in [0.717, 1.165) is 12.5 Å². The van der Waals surface area contributed by atoms with E-state index in [2.05, 4.69) is 10.2 Å². The normalized spacial score (nSPS) is 31.4. The van der Waals surface area contributed by atoms with Crippen molar-refractivity contribution in [3.8, 4) is 0 Å². The number of carbonyl (C=O) groups excluding carboxylic acids is 1. The molecule has 4 rings (SSSR count). The van der Waals surface area contributed by atoms with Crippen molar-refractivity contribution in [3.05, 3.63) is 17.8 Å². The van der Waals surface area contributed by atoms with Gasteiger partial charge in [-0.05, 0) is 43.2 Å². The molecular formula is C20H27F3N4O3S. The van der Waals surface area contributed by atoms with Gasteiger partial charge in [-0.1, -0.05) is 13.8 Å². The number of alkyl halides is 3. The van der Waals surface area contributed by atoms with Crippen LogP contribution in [0.3, 0.4) is 0 Å². The van der Waals surface area contributed by atoms with E-state index in [9.17, 15) is 26.4 Å². The molecule has 1 aliphatic heterocycles. The minimum absolute atomic E-state index is 0.0593. The molecule has 0 aromatic carbocycles. The molecule has 1 aromatic heterocycles. The van der Waals surface area contributed by atoms with E-state index in [1.165, 1.54) is 10.4 Å². The third-order valence-electron chi connectivity index (χ3n) is 7.79. The number of piperazine rings is 1. The third kappa shape index (κ3) is 3.53. The molecule has 11 heteroatoms. The van der Waals surface area contributed by atoms with Gasteiger partial charge in [0, 0.05) is 37.5 Å². The molecule has 0 amide bonds. The van der Waals surface area contributed by atoms with Gasteiger partial charge >= 0.3 is 6.18 Å². The summed E-state index contributed by atoms with van der Waals surface area (Å²) in [7, 11) is -3.68. The van der Waals surface area contributed by atoms with Crippen LogP contribution in [0.15, 0.2) is 12.1 Å². The highest BCUT2D eigenvalue weighted by molar-refractivity contribution is 7.89. The molecular weight excluding hydrogens is 433 g/mol. The van der Waals surface area contributed by atoms with Gasteiger partial charge < -0.3 is 4.90 Å². The zero-order valence-electron chi connectivity index (χ0n) is 17.8. The van der Waals surface area contributed by atoms with Crippen molar-refractivity contribution in [3.63, 3.8) is 0 Å². The molecule has 0 unspecified atom stereocenters. The van der Waals surface area contributed by atoms with E-state index < -0.39 is 27.3 Å². The molecule has 2 saturated carbocycles. The number of halogens is 3. The van der Waals surface area contributed by atoms with Crippen molar-refractivity contribution in [2.24, 2.45) is 16.7 Å². The summed E-state index contributed by atoms with van der Waals surface area (Å²) in [6.45, 7) is 6.47. The highest BCUT2D eigenvalue weighted by Crippen LogP contribution is 2.64. The Morgan fingerprint density at radius 2 is 1.90 bits per heavy atom. The highest BCUT2D eigenvalue weighted by atomic mass is 32.2. The molecule has 3 atom stereocenters. The van der Waals surface area contributed by atoms with Crippen LogP contribution in [0.1, 0.15) is 45.7 Å². The van der Waals surface area contributed by atoms with Crippen molar-refractivity contribution in [1.82, 2.24) is 14.5 Å². The Balaban J connectivity index is 1.48. The predicted molar refractivity (Wildman–Crippen MR) is 108 cm³/mol. The lowest BCUT2D eigenvalue weighted by Gasteiger charge is -2.42. The lowest BCUT2D eigenvalue weighted by Crippen LogP contribution is -2.56. The summed E-state index contributed by atoms with van der Waals surface area (Å²) in [6.07, 6.45) is -2.61. The first kappa shape index (κ1) is 22.4. The summed E-state index contributed by atoms with van der Waals surface area (Å²) in [5, 5.41) is 6.95. The number of aromatic nitrogens is 2. The zero-order chi connectivity index (χ0) is 22.8. The van der Waals surface area contributed by atoms with Crippen LogP contribution in [-0.4, -0.2) is 60.1 Å². The predicted octanol–water partition coefficient (Wildman–Crippen LogP) is 2.73.